The minimum absolute atomic E-state index is 0.371. The fraction of sp³-hybridized carbons (Fsp3) is 0.455. The summed E-state index contributed by atoms with van der Waals surface area (Å²) in [6.45, 7) is 3.11. The molecule has 2 N–H and O–H groups in total. The van der Waals surface area contributed by atoms with Crippen molar-refractivity contribution in [3.05, 3.63) is 22.3 Å². The Hall–Kier alpha value is -0.950. The zero-order chi connectivity index (χ0) is 13.0. The summed E-state index contributed by atoms with van der Waals surface area (Å²) in [5, 5.41) is 3.85. The molecule has 0 saturated carbocycles. The van der Waals surface area contributed by atoms with E-state index >= 15 is 0 Å². The Morgan fingerprint density at radius 2 is 2.39 bits per heavy atom. The van der Waals surface area contributed by atoms with E-state index in [1.54, 1.807) is 6.07 Å². The zero-order valence-electron chi connectivity index (χ0n) is 9.93. The summed E-state index contributed by atoms with van der Waals surface area (Å²) in [4.78, 5) is 5.08. The molecule has 0 aliphatic heterocycles. The van der Waals surface area contributed by atoms with E-state index in [4.69, 9.17) is 26.6 Å². The number of nitrogens with two attached hydrogens (primary N) is 1. The average molecular weight is 288 g/mol. The third kappa shape index (κ3) is 3.29. The van der Waals surface area contributed by atoms with Gasteiger partial charge in [-0.05, 0) is 18.6 Å². The number of rotatable bonds is 6. The second-order valence-electron chi connectivity index (χ2n) is 3.74. The van der Waals surface area contributed by atoms with Crippen molar-refractivity contribution >= 4 is 22.9 Å². The van der Waals surface area contributed by atoms with Gasteiger partial charge in [-0.2, -0.15) is 4.98 Å². The summed E-state index contributed by atoms with van der Waals surface area (Å²) >= 11 is 7.23. The van der Waals surface area contributed by atoms with Crippen molar-refractivity contribution in [1.29, 1.82) is 0 Å². The minimum atomic E-state index is -0.371. The van der Waals surface area contributed by atoms with E-state index in [1.165, 1.54) is 11.3 Å². The molecular formula is C11H14ClN3O2S. The van der Waals surface area contributed by atoms with Gasteiger partial charge in [0.25, 0.3) is 5.89 Å². The van der Waals surface area contributed by atoms with Gasteiger partial charge in [0.05, 0.1) is 21.9 Å². The van der Waals surface area contributed by atoms with Crippen LogP contribution in [0.25, 0.3) is 10.8 Å². The number of ether oxygens (including phenoxy) is 1. The van der Waals surface area contributed by atoms with Crippen LogP contribution in [0, 0.1) is 0 Å². The maximum absolute atomic E-state index is 5.90. The van der Waals surface area contributed by atoms with Crippen molar-refractivity contribution < 1.29 is 9.26 Å². The lowest BCUT2D eigenvalue weighted by atomic mass is 10.3. The van der Waals surface area contributed by atoms with Crippen LogP contribution < -0.4 is 5.73 Å². The van der Waals surface area contributed by atoms with Crippen LogP contribution in [0.15, 0.2) is 16.7 Å². The van der Waals surface area contributed by atoms with Gasteiger partial charge in [-0.25, -0.2) is 0 Å². The molecule has 0 amide bonds. The van der Waals surface area contributed by atoms with Gasteiger partial charge >= 0.3 is 0 Å². The van der Waals surface area contributed by atoms with E-state index in [1.807, 2.05) is 13.0 Å². The van der Waals surface area contributed by atoms with Crippen LogP contribution >= 0.6 is 22.9 Å². The van der Waals surface area contributed by atoms with E-state index in [9.17, 15) is 0 Å². The van der Waals surface area contributed by atoms with Gasteiger partial charge in [0.1, 0.15) is 0 Å². The van der Waals surface area contributed by atoms with E-state index in [0.717, 1.165) is 11.3 Å². The van der Waals surface area contributed by atoms with Crippen molar-refractivity contribution in [2.24, 2.45) is 5.73 Å². The molecule has 0 spiro atoms. The quantitative estimate of drug-likeness (QED) is 0.827. The lowest BCUT2D eigenvalue weighted by molar-refractivity contribution is 0.119. The molecule has 0 aromatic carbocycles. The summed E-state index contributed by atoms with van der Waals surface area (Å²) in [5.41, 5.74) is 5.90. The molecule has 98 valence electrons. The first-order valence-corrected chi connectivity index (χ1v) is 6.82. The van der Waals surface area contributed by atoms with Crippen molar-refractivity contribution in [2.75, 3.05) is 13.2 Å². The lowest BCUT2D eigenvalue weighted by Gasteiger charge is -2.06. The predicted octanol–water partition coefficient (Wildman–Crippen LogP) is 2.88. The van der Waals surface area contributed by atoms with Crippen LogP contribution in [0.2, 0.25) is 4.34 Å². The monoisotopic (exact) mass is 287 g/mol. The van der Waals surface area contributed by atoms with Crippen molar-refractivity contribution in [3.63, 3.8) is 0 Å². The molecule has 2 aromatic rings. The van der Waals surface area contributed by atoms with Gasteiger partial charge < -0.3 is 15.0 Å². The summed E-state index contributed by atoms with van der Waals surface area (Å²) in [6.07, 6.45) is 0.956. The summed E-state index contributed by atoms with van der Waals surface area (Å²) in [5.74, 6) is 0.887. The van der Waals surface area contributed by atoms with Gasteiger partial charge in [-0.1, -0.05) is 23.7 Å². The Balaban J connectivity index is 2.01. The molecule has 0 fully saturated rings. The first kappa shape index (κ1) is 13.5. The van der Waals surface area contributed by atoms with E-state index in [0.29, 0.717) is 29.3 Å². The SMILES string of the molecule is CCCOCC(N)c1noc(-c2ccc(Cl)s2)n1. The first-order chi connectivity index (χ1) is 8.70. The topological polar surface area (TPSA) is 74.2 Å². The van der Waals surface area contributed by atoms with Crippen molar-refractivity contribution in [1.82, 2.24) is 10.1 Å². The van der Waals surface area contributed by atoms with Gasteiger partial charge in [0.15, 0.2) is 5.82 Å². The molecule has 0 bridgehead atoms. The van der Waals surface area contributed by atoms with Gasteiger partial charge in [-0.3, -0.25) is 0 Å². The summed E-state index contributed by atoms with van der Waals surface area (Å²) in [6, 6.07) is 3.25. The highest BCUT2D eigenvalue weighted by atomic mass is 35.5. The molecule has 2 heterocycles. The molecule has 1 atom stereocenters. The fourth-order valence-electron chi connectivity index (χ4n) is 1.34. The third-order valence-corrected chi connectivity index (χ3v) is 3.42. The number of hydrogen-bond acceptors (Lipinski definition) is 6. The second kappa shape index (κ2) is 6.29. The largest absolute Gasteiger partial charge is 0.379 e. The smallest absolute Gasteiger partial charge is 0.268 e. The Morgan fingerprint density at radius 1 is 1.56 bits per heavy atom. The lowest BCUT2D eigenvalue weighted by Crippen LogP contribution is -2.18. The summed E-state index contributed by atoms with van der Waals surface area (Å²) in [7, 11) is 0. The summed E-state index contributed by atoms with van der Waals surface area (Å²) < 4.78 is 11.2. The Morgan fingerprint density at radius 3 is 3.06 bits per heavy atom. The number of halogens is 1. The maximum atomic E-state index is 5.90. The third-order valence-electron chi connectivity index (χ3n) is 2.20. The van der Waals surface area contributed by atoms with Crippen LogP contribution in [0.5, 0.6) is 0 Å². The predicted molar refractivity (Wildman–Crippen MR) is 70.7 cm³/mol. The highest BCUT2D eigenvalue weighted by Gasteiger charge is 2.16. The van der Waals surface area contributed by atoms with Crippen molar-refractivity contribution in [2.45, 2.75) is 19.4 Å². The molecule has 1 unspecified atom stereocenters. The first-order valence-electron chi connectivity index (χ1n) is 5.63. The fourth-order valence-corrected chi connectivity index (χ4v) is 2.31. The van der Waals surface area contributed by atoms with E-state index < -0.39 is 0 Å². The normalized spacial score (nSPS) is 12.8. The Kier molecular flexibility index (Phi) is 4.71. The maximum Gasteiger partial charge on any atom is 0.268 e. The molecule has 18 heavy (non-hydrogen) atoms. The average Bonchev–Trinajstić information content (AvgIpc) is 2.97. The van der Waals surface area contributed by atoms with E-state index in [2.05, 4.69) is 10.1 Å². The Bertz CT molecular complexity index is 500. The molecule has 0 aliphatic carbocycles. The molecule has 2 rings (SSSR count). The van der Waals surface area contributed by atoms with Crippen LogP contribution in [0.3, 0.4) is 0 Å². The highest BCUT2D eigenvalue weighted by Crippen LogP contribution is 2.30. The number of hydrogen-bond donors (Lipinski definition) is 1. The zero-order valence-corrected chi connectivity index (χ0v) is 11.5. The molecule has 7 heteroatoms. The highest BCUT2D eigenvalue weighted by molar-refractivity contribution is 7.19. The molecule has 0 radical (unpaired) electrons. The molecule has 2 aromatic heterocycles. The van der Waals surface area contributed by atoms with Crippen molar-refractivity contribution in [3.8, 4) is 10.8 Å². The molecule has 5 nitrogen and oxygen atoms in total. The van der Waals surface area contributed by atoms with Crippen LogP contribution in [-0.4, -0.2) is 23.4 Å². The Labute approximate surface area is 114 Å². The molecular weight excluding hydrogens is 274 g/mol. The van der Waals surface area contributed by atoms with Crippen LogP contribution in [0.1, 0.15) is 25.2 Å². The van der Waals surface area contributed by atoms with Gasteiger partial charge in [0.2, 0.25) is 0 Å². The molecule has 0 saturated heterocycles. The van der Waals surface area contributed by atoms with Gasteiger partial charge in [-0.15, -0.1) is 11.3 Å². The standard InChI is InChI=1S/C11H14ClN3O2S/c1-2-5-16-6-7(13)10-14-11(17-15-10)8-3-4-9(12)18-8/h3-4,7H,2,5-6,13H2,1H3. The van der Waals surface area contributed by atoms with Crippen LogP contribution in [-0.2, 0) is 4.74 Å². The number of thiophene rings is 1. The van der Waals surface area contributed by atoms with Crippen LogP contribution in [0.4, 0.5) is 0 Å². The molecule has 0 aliphatic rings. The van der Waals surface area contributed by atoms with E-state index in [-0.39, 0.29) is 6.04 Å². The van der Waals surface area contributed by atoms with Gasteiger partial charge in [0, 0.05) is 6.61 Å². The number of nitrogens with zero attached hydrogens (tertiary/aromatic N) is 2. The number of aromatic nitrogens is 2. The minimum Gasteiger partial charge on any atom is -0.379 e. The second-order valence-corrected chi connectivity index (χ2v) is 5.46.